The largest absolute Gasteiger partial charge is 0.311 e. The summed E-state index contributed by atoms with van der Waals surface area (Å²) in [6.45, 7) is 5.36. The quantitative estimate of drug-likeness (QED) is 0.682. The molecule has 0 bridgehead atoms. The van der Waals surface area contributed by atoms with Gasteiger partial charge in [0.25, 0.3) is 0 Å². The van der Waals surface area contributed by atoms with Gasteiger partial charge in [-0.1, -0.05) is 6.92 Å². The number of amides is 2. The number of aryl methyl sites for hydroxylation is 1. The number of anilines is 2. The molecule has 0 spiro atoms. The van der Waals surface area contributed by atoms with Crippen LogP contribution in [-0.2, 0) is 16.1 Å². The lowest BCUT2D eigenvalue weighted by molar-refractivity contribution is -0.122. The van der Waals surface area contributed by atoms with Gasteiger partial charge in [0.05, 0.1) is 11.9 Å². The van der Waals surface area contributed by atoms with Gasteiger partial charge in [-0.15, -0.1) is 0 Å². The van der Waals surface area contributed by atoms with Gasteiger partial charge in [-0.2, -0.15) is 5.10 Å². The third-order valence-corrected chi connectivity index (χ3v) is 5.07. The van der Waals surface area contributed by atoms with E-state index in [-0.39, 0.29) is 24.7 Å². The number of nitrogens with one attached hydrogen (secondary N) is 1. The average Bonchev–Trinajstić information content (AvgIpc) is 3.11. The van der Waals surface area contributed by atoms with Gasteiger partial charge in [0, 0.05) is 55.5 Å². The number of hydrogen-bond acceptors (Lipinski definition) is 5. The van der Waals surface area contributed by atoms with Gasteiger partial charge in [-0.25, -0.2) is 14.1 Å². The van der Waals surface area contributed by atoms with Crippen molar-refractivity contribution in [1.29, 1.82) is 0 Å². The Balaban J connectivity index is 1.34. The summed E-state index contributed by atoms with van der Waals surface area (Å²) in [6.07, 6.45) is 4.35. The Morgan fingerprint density at radius 3 is 2.71 bits per heavy atom. The molecule has 3 aromatic heterocycles. The summed E-state index contributed by atoms with van der Waals surface area (Å²) in [7, 11) is 0. The van der Waals surface area contributed by atoms with Gasteiger partial charge >= 0.3 is 0 Å². The van der Waals surface area contributed by atoms with Gasteiger partial charge in [-0.05, 0) is 31.0 Å². The number of pyridine rings is 2. The minimum atomic E-state index is -0.430. The van der Waals surface area contributed by atoms with Crippen LogP contribution in [0.3, 0.4) is 0 Å². The summed E-state index contributed by atoms with van der Waals surface area (Å²) in [5, 5.41) is 7.12. The van der Waals surface area contributed by atoms with E-state index in [1.807, 2.05) is 17.7 Å². The fourth-order valence-corrected chi connectivity index (χ4v) is 3.64. The molecule has 8 nitrogen and oxygen atoms in total. The number of carbonyl (C=O) groups excluding carboxylic acids is 2. The van der Waals surface area contributed by atoms with Gasteiger partial charge in [0.15, 0.2) is 0 Å². The molecule has 1 atom stereocenters. The molecule has 4 heterocycles. The molecule has 160 valence electrons. The van der Waals surface area contributed by atoms with Crippen LogP contribution >= 0.6 is 0 Å². The fraction of sp³-hybridized carbons (Fsp3) is 0.318. The highest BCUT2D eigenvalue weighted by Crippen LogP contribution is 2.25. The minimum Gasteiger partial charge on any atom is -0.311 e. The molecule has 2 amide bonds. The second-order valence-electron chi connectivity index (χ2n) is 7.81. The van der Waals surface area contributed by atoms with Crippen molar-refractivity contribution < 1.29 is 14.0 Å². The van der Waals surface area contributed by atoms with E-state index in [1.54, 1.807) is 23.2 Å². The smallest absolute Gasteiger partial charge is 0.228 e. The van der Waals surface area contributed by atoms with Crippen molar-refractivity contribution in [3.8, 4) is 11.1 Å². The molecule has 1 aliphatic heterocycles. The van der Waals surface area contributed by atoms with E-state index < -0.39 is 5.82 Å². The molecule has 0 saturated heterocycles. The van der Waals surface area contributed by atoms with Crippen LogP contribution in [0.2, 0.25) is 0 Å². The topological polar surface area (TPSA) is 93.0 Å². The molecule has 0 saturated carbocycles. The molecule has 0 fully saturated rings. The van der Waals surface area contributed by atoms with Crippen LogP contribution in [0.25, 0.3) is 11.1 Å². The Bertz CT molecular complexity index is 1110. The van der Waals surface area contributed by atoms with Crippen LogP contribution in [-0.4, -0.2) is 38.1 Å². The average molecular weight is 422 g/mol. The number of aromatic nitrogens is 4. The first kappa shape index (κ1) is 20.6. The molecule has 4 rings (SSSR count). The lowest BCUT2D eigenvalue weighted by Gasteiger charge is -2.31. The molecule has 1 N–H and O–H groups in total. The van der Waals surface area contributed by atoms with Gasteiger partial charge in [-0.3, -0.25) is 19.5 Å². The molecule has 0 aromatic carbocycles. The molecular weight excluding hydrogens is 399 g/mol. The van der Waals surface area contributed by atoms with Crippen LogP contribution in [0, 0.1) is 18.7 Å². The number of carbonyl (C=O) groups is 2. The minimum absolute atomic E-state index is 0.0497. The third-order valence-electron chi connectivity index (χ3n) is 5.07. The Hall–Kier alpha value is -3.62. The van der Waals surface area contributed by atoms with Crippen molar-refractivity contribution in [1.82, 2.24) is 19.7 Å². The second kappa shape index (κ2) is 8.63. The van der Waals surface area contributed by atoms with Crippen LogP contribution < -0.4 is 10.2 Å². The number of rotatable bonds is 5. The highest BCUT2D eigenvalue weighted by atomic mass is 19.1. The predicted octanol–water partition coefficient (Wildman–Crippen LogP) is 3.19. The van der Waals surface area contributed by atoms with Crippen molar-refractivity contribution in [3.05, 3.63) is 54.4 Å². The molecule has 1 aliphatic rings. The zero-order valence-electron chi connectivity index (χ0n) is 17.4. The summed E-state index contributed by atoms with van der Waals surface area (Å²) in [5.74, 6) is 0.609. The molecule has 1 unspecified atom stereocenters. The van der Waals surface area contributed by atoms with E-state index in [1.165, 1.54) is 12.3 Å². The summed E-state index contributed by atoms with van der Waals surface area (Å²) in [5.41, 5.74) is 2.15. The van der Waals surface area contributed by atoms with Crippen molar-refractivity contribution in [2.45, 2.75) is 33.2 Å². The van der Waals surface area contributed by atoms with E-state index >= 15 is 0 Å². The summed E-state index contributed by atoms with van der Waals surface area (Å²) in [4.78, 5) is 34.8. The first-order valence-corrected chi connectivity index (χ1v) is 10.1. The number of nitrogens with zero attached hydrogens (tertiary/aromatic N) is 5. The first-order valence-electron chi connectivity index (χ1n) is 10.1. The number of fused-ring (bicyclic) bond motifs is 1. The van der Waals surface area contributed by atoms with Crippen LogP contribution in [0.5, 0.6) is 0 Å². The first-order chi connectivity index (χ1) is 14.9. The highest BCUT2D eigenvalue weighted by molar-refractivity contribution is 5.97. The molecule has 3 aromatic rings. The standard InChI is InChI=1S/C22H23FN6O2/c1-14-12-28(21-7-15(2)27-29(21)13-14)22(31)6-5-20(30)26-19-4-3-16(10-25-19)17-8-18(23)11-24-9-17/h3-4,7-11,14H,5-6,12-13H2,1-2H3,(H,25,26,30). The summed E-state index contributed by atoms with van der Waals surface area (Å²) < 4.78 is 15.2. The maximum absolute atomic E-state index is 13.3. The normalized spacial score (nSPS) is 15.5. The van der Waals surface area contributed by atoms with Crippen molar-refractivity contribution in [3.63, 3.8) is 0 Å². The molecule has 0 aliphatic carbocycles. The lowest BCUT2D eigenvalue weighted by atomic mass is 10.1. The van der Waals surface area contributed by atoms with Gasteiger partial charge in [0.2, 0.25) is 11.8 Å². The zero-order chi connectivity index (χ0) is 22.0. The Kier molecular flexibility index (Phi) is 5.75. The maximum Gasteiger partial charge on any atom is 0.228 e. The summed E-state index contributed by atoms with van der Waals surface area (Å²) >= 11 is 0. The van der Waals surface area contributed by atoms with Gasteiger partial charge < -0.3 is 5.32 Å². The van der Waals surface area contributed by atoms with E-state index in [4.69, 9.17) is 0 Å². The molecule has 31 heavy (non-hydrogen) atoms. The van der Waals surface area contributed by atoms with E-state index in [2.05, 4.69) is 27.3 Å². The monoisotopic (exact) mass is 422 g/mol. The molecule has 9 heteroatoms. The van der Waals surface area contributed by atoms with Crippen LogP contribution in [0.1, 0.15) is 25.5 Å². The predicted molar refractivity (Wildman–Crippen MR) is 114 cm³/mol. The Morgan fingerprint density at radius 1 is 1.13 bits per heavy atom. The summed E-state index contributed by atoms with van der Waals surface area (Å²) in [6, 6.07) is 6.61. The fourth-order valence-electron chi connectivity index (χ4n) is 3.64. The van der Waals surface area contributed by atoms with E-state index in [0.29, 0.717) is 29.4 Å². The number of halogens is 1. The highest BCUT2D eigenvalue weighted by Gasteiger charge is 2.27. The Labute approximate surface area is 179 Å². The Morgan fingerprint density at radius 2 is 1.97 bits per heavy atom. The van der Waals surface area contributed by atoms with Gasteiger partial charge in [0.1, 0.15) is 17.5 Å². The third kappa shape index (κ3) is 4.76. The van der Waals surface area contributed by atoms with E-state index in [9.17, 15) is 14.0 Å². The molecule has 0 radical (unpaired) electrons. The van der Waals surface area contributed by atoms with Crippen molar-refractivity contribution in [2.24, 2.45) is 5.92 Å². The number of hydrogen-bond donors (Lipinski definition) is 1. The van der Waals surface area contributed by atoms with E-state index in [0.717, 1.165) is 24.3 Å². The second-order valence-corrected chi connectivity index (χ2v) is 7.81. The molecular formula is C22H23FN6O2. The van der Waals surface area contributed by atoms with Crippen LogP contribution in [0.15, 0.2) is 42.9 Å². The SMILES string of the molecule is Cc1cc2n(n1)CC(C)CN2C(=O)CCC(=O)Nc1ccc(-c2cncc(F)c2)cn1. The zero-order valence-corrected chi connectivity index (χ0v) is 17.4. The van der Waals surface area contributed by atoms with Crippen molar-refractivity contribution >= 4 is 23.5 Å². The van der Waals surface area contributed by atoms with Crippen LogP contribution in [0.4, 0.5) is 16.0 Å². The maximum atomic E-state index is 13.3. The lowest BCUT2D eigenvalue weighted by Crippen LogP contribution is -2.41. The van der Waals surface area contributed by atoms with Crippen molar-refractivity contribution in [2.75, 3.05) is 16.8 Å².